The highest BCUT2D eigenvalue weighted by atomic mass is 19.4. The van der Waals surface area contributed by atoms with Gasteiger partial charge in [-0.3, -0.25) is 9.58 Å². The number of rotatable bonds is 6. The van der Waals surface area contributed by atoms with Gasteiger partial charge in [-0.05, 0) is 38.0 Å². The number of likely N-dealkylation sites (tertiary alicyclic amines) is 1. The van der Waals surface area contributed by atoms with Crippen molar-refractivity contribution < 1.29 is 32.5 Å². The van der Waals surface area contributed by atoms with Crippen molar-refractivity contribution in [2.45, 2.75) is 63.8 Å². The number of halogens is 3. The molecule has 1 aromatic heterocycles. The second-order valence-electron chi connectivity index (χ2n) is 9.32. The number of fused-ring (bicyclic) bond motifs is 1. The second kappa shape index (κ2) is 11.0. The molecule has 0 spiro atoms. The van der Waals surface area contributed by atoms with Crippen molar-refractivity contribution in [1.82, 2.24) is 14.7 Å². The maximum atomic E-state index is 10.6. The van der Waals surface area contributed by atoms with E-state index in [9.17, 15) is 13.2 Å². The van der Waals surface area contributed by atoms with Crippen molar-refractivity contribution >= 4 is 5.97 Å². The van der Waals surface area contributed by atoms with E-state index < -0.39 is 12.1 Å². The van der Waals surface area contributed by atoms with Crippen molar-refractivity contribution in [2.75, 3.05) is 32.9 Å². The molecule has 1 aliphatic carbocycles. The Labute approximate surface area is 186 Å². The Balaban J connectivity index is 0.000000360. The Bertz CT molecular complexity index is 736. The molecule has 2 saturated heterocycles. The average Bonchev–Trinajstić information content (AvgIpc) is 3.39. The van der Waals surface area contributed by atoms with Crippen molar-refractivity contribution in [2.24, 2.45) is 18.4 Å². The van der Waals surface area contributed by atoms with Gasteiger partial charge in [-0.15, -0.1) is 0 Å². The second-order valence-corrected chi connectivity index (χ2v) is 9.32. The number of aryl methyl sites for hydroxylation is 1. The van der Waals surface area contributed by atoms with Crippen molar-refractivity contribution in [3.63, 3.8) is 0 Å². The molecule has 32 heavy (non-hydrogen) atoms. The number of alkyl halides is 3. The quantitative estimate of drug-likeness (QED) is 0.697. The number of hydrogen-bond donors (Lipinski definition) is 1. The molecule has 0 radical (unpaired) electrons. The zero-order chi connectivity index (χ0) is 23.2. The molecule has 3 heterocycles. The maximum Gasteiger partial charge on any atom is 0.490 e. The molecule has 10 heteroatoms. The third kappa shape index (κ3) is 6.92. The van der Waals surface area contributed by atoms with Crippen LogP contribution in [-0.2, 0) is 27.9 Å². The van der Waals surface area contributed by atoms with Gasteiger partial charge in [0.2, 0.25) is 0 Å². The number of carboxylic acid groups (broad SMARTS) is 1. The van der Waals surface area contributed by atoms with Crippen LogP contribution in [0, 0.1) is 11.3 Å². The van der Waals surface area contributed by atoms with Crippen LogP contribution in [0.3, 0.4) is 0 Å². The summed E-state index contributed by atoms with van der Waals surface area (Å²) >= 11 is 0. The number of carbonyl (C=O) groups is 1. The van der Waals surface area contributed by atoms with Crippen LogP contribution in [0.5, 0.6) is 0 Å². The molecule has 3 fully saturated rings. The lowest BCUT2D eigenvalue weighted by molar-refractivity contribution is -0.192. The van der Waals surface area contributed by atoms with Crippen LogP contribution in [-0.4, -0.2) is 70.9 Å². The lowest BCUT2D eigenvalue weighted by Crippen LogP contribution is -2.56. The predicted octanol–water partition coefficient (Wildman–Crippen LogP) is 3.63. The minimum atomic E-state index is -5.08. The van der Waals surface area contributed by atoms with E-state index in [1.54, 1.807) is 0 Å². The fraction of sp³-hybridized carbons (Fsp3) is 0.818. The molecule has 1 saturated carbocycles. The van der Waals surface area contributed by atoms with Gasteiger partial charge in [0, 0.05) is 57.1 Å². The van der Waals surface area contributed by atoms with Crippen LogP contribution in [0.25, 0.3) is 0 Å². The Morgan fingerprint density at radius 1 is 1.31 bits per heavy atom. The van der Waals surface area contributed by atoms with E-state index >= 15 is 0 Å². The predicted molar refractivity (Wildman–Crippen MR) is 111 cm³/mol. The van der Waals surface area contributed by atoms with Gasteiger partial charge in [0.1, 0.15) is 0 Å². The van der Waals surface area contributed by atoms with E-state index in [-0.39, 0.29) is 5.41 Å². The van der Waals surface area contributed by atoms with Crippen LogP contribution in [0.2, 0.25) is 0 Å². The molecule has 2 atom stereocenters. The number of aliphatic carboxylic acids is 1. The summed E-state index contributed by atoms with van der Waals surface area (Å²) in [6.45, 7) is 5.96. The van der Waals surface area contributed by atoms with E-state index in [0.717, 1.165) is 51.8 Å². The van der Waals surface area contributed by atoms with Crippen LogP contribution in [0.1, 0.15) is 50.5 Å². The fourth-order valence-electron chi connectivity index (χ4n) is 5.15. The van der Waals surface area contributed by atoms with Gasteiger partial charge in [-0.2, -0.15) is 18.3 Å². The number of ether oxygens (including phenoxy) is 2. The number of hydrogen-bond acceptors (Lipinski definition) is 5. The van der Waals surface area contributed by atoms with Crippen molar-refractivity contribution in [1.29, 1.82) is 0 Å². The summed E-state index contributed by atoms with van der Waals surface area (Å²) in [4.78, 5) is 11.5. The summed E-state index contributed by atoms with van der Waals surface area (Å²) in [5.74, 6) is -1.96. The molecule has 1 N–H and O–H groups in total. The van der Waals surface area contributed by atoms with Crippen LogP contribution in [0.4, 0.5) is 13.2 Å². The van der Waals surface area contributed by atoms with Gasteiger partial charge in [0.25, 0.3) is 0 Å². The van der Waals surface area contributed by atoms with Gasteiger partial charge in [-0.1, -0.05) is 12.8 Å². The van der Waals surface area contributed by atoms with Crippen molar-refractivity contribution in [3.8, 4) is 0 Å². The zero-order valence-electron chi connectivity index (χ0n) is 18.6. The molecular weight excluding hydrogens is 427 g/mol. The van der Waals surface area contributed by atoms with Gasteiger partial charge < -0.3 is 14.6 Å². The van der Waals surface area contributed by atoms with Gasteiger partial charge in [-0.25, -0.2) is 4.79 Å². The van der Waals surface area contributed by atoms with Gasteiger partial charge in [0.05, 0.1) is 18.9 Å². The van der Waals surface area contributed by atoms with E-state index in [1.807, 2.05) is 17.9 Å². The van der Waals surface area contributed by atoms with E-state index in [0.29, 0.717) is 6.10 Å². The minimum absolute atomic E-state index is 0.192. The molecule has 3 aliphatic rings. The standard InChI is InChI=1S/C20H33N3O2.C2HF3O2/c1-22-12-18(11-21-22)13-23-9-7-19-20(15-23,8-4-10-25-19)16-24-14-17-5-2-3-6-17;3-2(4,5)1(6)7/h11-12,17,19H,2-10,13-16H2,1H3;(H,6,7). The van der Waals surface area contributed by atoms with Crippen LogP contribution >= 0.6 is 0 Å². The topological polar surface area (TPSA) is 76.8 Å². The molecule has 4 rings (SSSR count). The fourth-order valence-corrected chi connectivity index (χ4v) is 5.15. The van der Waals surface area contributed by atoms with Crippen LogP contribution < -0.4 is 0 Å². The number of aromatic nitrogens is 2. The third-order valence-corrected chi connectivity index (χ3v) is 6.69. The molecule has 2 aliphatic heterocycles. The molecule has 0 amide bonds. The van der Waals surface area contributed by atoms with Crippen LogP contribution in [0.15, 0.2) is 12.4 Å². The summed E-state index contributed by atoms with van der Waals surface area (Å²) in [5, 5.41) is 11.4. The maximum absolute atomic E-state index is 10.6. The Morgan fingerprint density at radius 3 is 2.66 bits per heavy atom. The lowest BCUT2D eigenvalue weighted by Gasteiger charge is -2.50. The Kier molecular flexibility index (Phi) is 8.57. The molecule has 1 aromatic rings. The number of piperidine rings is 1. The van der Waals surface area contributed by atoms with E-state index in [4.69, 9.17) is 19.4 Å². The SMILES string of the molecule is Cn1cc(CN2CCC3OCCCC3(COCC3CCCC3)C2)cn1.O=C(O)C(F)(F)F. The first kappa shape index (κ1) is 25.0. The zero-order valence-corrected chi connectivity index (χ0v) is 18.6. The van der Waals surface area contributed by atoms with E-state index in [2.05, 4.69) is 16.2 Å². The summed E-state index contributed by atoms with van der Waals surface area (Å²) in [6, 6.07) is 0. The Hall–Kier alpha value is -1.65. The Morgan fingerprint density at radius 2 is 2.03 bits per heavy atom. The summed E-state index contributed by atoms with van der Waals surface area (Å²) in [6.07, 6.45) is 8.48. The monoisotopic (exact) mass is 461 g/mol. The van der Waals surface area contributed by atoms with Gasteiger partial charge >= 0.3 is 12.1 Å². The first-order valence-corrected chi connectivity index (χ1v) is 11.4. The lowest BCUT2D eigenvalue weighted by atomic mass is 9.73. The number of carboxylic acids is 1. The number of nitrogens with zero attached hydrogens (tertiary/aromatic N) is 3. The first-order valence-electron chi connectivity index (χ1n) is 11.4. The summed E-state index contributed by atoms with van der Waals surface area (Å²) in [7, 11) is 1.99. The largest absolute Gasteiger partial charge is 0.490 e. The highest BCUT2D eigenvalue weighted by molar-refractivity contribution is 5.73. The molecule has 0 bridgehead atoms. The van der Waals surface area contributed by atoms with E-state index in [1.165, 1.54) is 44.1 Å². The molecule has 182 valence electrons. The summed E-state index contributed by atoms with van der Waals surface area (Å²) in [5.41, 5.74) is 1.50. The molecule has 0 aromatic carbocycles. The molecule has 7 nitrogen and oxygen atoms in total. The minimum Gasteiger partial charge on any atom is -0.475 e. The first-order chi connectivity index (χ1) is 15.2. The van der Waals surface area contributed by atoms with Gasteiger partial charge in [0.15, 0.2) is 0 Å². The molecule has 2 unspecified atom stereocenters. The van der Waals surface area contributed by atoms with Crippen molar-refractivity contribution in [3.05, 3.63) is 18.0 Å². The average molecular weight is 462 g/mol. The highest BCUT2D eigenvalue weighted by Crippen LogP contribution is 2.41. The third-order valence-electron chi connectivity index (χ3n) is 6.69. The molecular formula is C22H34F3N3O4. The highest BCUT2D eigenvalue weighted by Gasteiger charge is 2.46. The summed E-state index contributed by atoms with van der Waals surface area (Å²) < 4.78 is 46.1. The normalized spacial score (nSPS) is 26.9. The smallest absolute Gasteiger partial charge is 0.475 e.